The molecule has 0 saturated carbocycles. The maximum atomic E-state index is 13.0. The highest BCUT2D eigenvalue weighted by Gasteiger charge is 2.44. The molecule has 0 N–H and O–H groups in total. The lowest BCUT2D eigenvalue weighted by atomic mass is 10.0. The van der Waals surface area contributed by atoms with Gasteiger partial charge in [0, 0.05) is 6.07 Å². The minimum absolute atomic E-state index is 0.0503. The number of hydrogen-bond acceptors (Lipinski definition) is 7. The van der Waals surface area contributed by atoms with Crippen molar-refractivity contribution in [2.75, 3.05) is 13.7 Å². The van der Waals surface area contributed by atoms with Crippen molar-refractivity contribution in [1.29, 1.82) is 5.26 Å². The van der Waals surface area contributed by atoms with E-state index in [-0.39, 0.29) is 17.5 Å². The fourth-order valence-corrected chi connectivity index (χ4v) is 3.33. The van der Waals surface area contributed by atoms with Gasteiger partial charge in [0.25, 0.3) is 17.5 Å². The largest absolute Gasteiger partial charge is 0.493 e. The number of nitrogens with zero attached hydrogens (tertiary/aromatic N) is 3. The van der Waals surface area contributed by atoms with Crippen LogP contribution in [-0.2, 0) is 0 Å². The van der Waals surface area contributed by atoms with Crippen molar-refractivity contribution in [3.05, 3.63) is 63.2 Å². The summed E-state index contributed by atoms with van der Waals surface area (Å²) in [7, 11) is 1.48. The average Bonchev–Trinajstić information content (AvgIpc) is 2.97. The molecule has 3 rings (SSSR count). The van der Waals surface area contributed by atoms with Crippen LogP contribution in [0.2, 0.25) is 0 Å². The fraction of sp³-hybridized carbons (Fsp3) is 0.250. The first-order valence-electron chi connectivity index (χ1n) is 8.77. The van der Waals surface area contributed by atoms with Crippen molar-refractivity contribution < 1.29 is 24.0 Å². The normalized spacial score (nSPS) is 13.6. The van der Waals surface area contributed by atoms with Gasteiger partial charge >= 0.3 is 0 Å². The molecule has 0 aromatic heterocycles. The van der Waals surface area contributed by atoms with Gasteiger partial charge < -0.3 is 9.47 Å². The second kappa shape index (κ2) is 7.98. The van der Waals surface area contributed by atoms with Crippen LogP contribution in [0.1, 0.15) is 45.7 Å². The first-order chi connectivity index (χ1) is 13.9. The van der Waals surface area contributed by atoms with Crippen molar-refractivity contribution in [3.8, 4) is 17.6 Å². The Bertz CT molecular complexity index is 1040. The van der Waals surface area contributed by atoms with E-state index in [0.717, 1.165) is 4.90 Å². The molecule has 2 aromatic rings. The third-order valence-corrected chi connectivity index (χ3v) is 4.59. The molecule has 0 saturated heterocycles. The number of hydrogen-bond donors (Lipinski definition) is 0. The van der Waals surface area contributed by atoms with Gasteiger partial charge in [0.05, 0.1) is 42.7 Å². The zero-order chi connectivity index (χ0) is 21.1. The average molecular weight is 395 g/mol. The Kier molecular flexibility index (Phi) is 5.45. The molecule has 148 valence electrons. The van der Waals surface area contributed by atoms with Gasteiger partial charge in [0.2, 0.25) is 0 Å². The Balaban J connectivity index is 2.09. The number of nitro benzene ring substituents is 1. The van der Waals surface area contributed by atoms with Crippen LogP contribution in [0.15, 0.2) is 36.4 Å². The zero-order valence-electron chi connectivity index (χ0n) is 15.7. The van der Waals surface area contributed by atoms with Crippen LogP contribution in [0.3, 0.4) is 0 Å². The first-order valence-corrected chi connectivity index (χ1v) is 8.77. The number of benzene rings is 2. The van der Waals surface area contributed by atoms with Crippen molar-refractivity contribution in [2.45, 2.75) is 19.4 Å². The molecule has 1 aliphatic rings. The topological polar surface area (TPSA) is 123 Å². The van der Waals surface area contributed by atoms with Gasteiger partial charge in [0.1, 0.15) is 5.56 Å². The van der Waals surface area contributed by atoms with E-state index in [2.05, 4.69) is 0 Å². The van der Waals surface area contributed by atoms with Gasteiger partial charge in [0.15, 0.2) is 11.5 Å². The van der Waals surface area contributed by atoms with Crippen molar-refractivity contribution in [1.82, 2.24) is 4.90 Å². The number of rotatable bonds is 7. The monoisotopic (exact) mass is 395 g/mol. The Morgan fingerprint density at radius 1 is 1.21 bits per heavy atom. The number of imide groups is 1. The summed E-state index contributed by atoms with van der Waals surface area (Å²) in [5, 5.41) is 20.6. The summed E-state index contributed by atoms with van der Waals surface area (Å²) in [4.78, 5) is 37.4. The number of carbonyl (C=O) groups excluding carboxylic acids is 2. The molecule has 2 amide bonds. The highest BCUT2D eigenvalue weighted by Crippen LogP contribution is 2.39. The smallest absolute Gasteiger partial charge is 0.282 e. The standard InChI is InChI=1S/C20H17N3O6/c1-3-29-17-11-12(7-8-16(17)28-2)14(9-10-21)22-19(24)13-5-4-6-15(23(26)27)18(13)20(22)25/h4-8,11,14H,3,9H2,1-2H3. The Hall–Kier alpha value is -3.93. The van der Waals surface area contributed by atoms with Crippen LogP contribution in [0.4, 0.5) is 5.69 Å². The molecule has 0 fully saturated rings. The predicted octanol–water partition coefficient (Wildman–Crippen LogP) is 3.25. The Labute approximate surface area is 166 Å². The van der Waals surface area contributed by atoms with Gasteiger partial charge in [-0.05, 0) is 30.7 Å². The molecule has 0 spiro atoms. The summed E-state index contributed by atoms with van der Waals surface area (Å²) in [5.74, 6) is -0.614. The van der Waals surface area contributed by atoms with Crippen LogP contribution in [0.5, 0.6) is 11.5 Å². The number of amides is 2. The first kappa shape index (κ1) is 19.8. The van der Waals surface area contributed by atoms with Gasteiger partial charge in [-0.2, -0.15) is 5.26 Å². The molecule has 0 bridgehead atoms. The molecule has 1 atom stereocenters. The van der Waals surface area contributed by atoms with E-state index in [4.69, 9.17) is 9.47 Å². The molecular formula is C20H17N3O6. The minimum atomic E-state index is -0.933. The van der Waals surface area contributed by atoms with Crippen molar-refractivity contribution >= 4 is 17.5 Å². The maximum Gasteiger partial charge on any atom is 0.282 e. The van der Waals surface area contributed by atoms with Crippen LogP contribution < -0.4 is 9.47 Å². The fourth-order valence-electron chi connectivity index (χ4n) is 3.33. The van der Waals surface area contributed by atoms with Gasteiger partial charge in [-0.1, -0.05) is 12.1 Å². The highest BCUT2D eigenvalue weighted by molar-refractivity contribution is 6.23. The Morgan fingerprint density at radius 3 is 2.59 bits per heavy atom. The molecule has 1 unspecified atom stereocenters. The van der Waals surface area contributed by atoms with Crippen molar-refractivity contribution in [3.63, 3.8) is 0 Å². The predicted molar refractivity (Wildman–Crippen MR) is 101 cm³/mol. The van der Waals surface area contributed by atoms with Gasteiger partial charge in [-0.15, -0.1) is 0 Å². The summed E-state index contributed by atoms with van der Waals surface area (Å²) in [6.07, 6.45) is -0.183. The summed E-state index contributed by atoms with van der Waals surface area (Å²) in [6.45, 7) is 2.16. The van der Waals surface area contributed by atoms with E-state index in [9.17, 15) is 25.0 Å². The number of nitriles is 1. The van der Waals surface area contributed by atoms with E-state index < -0.39 is 28.5 Å². The lowest BCUT2D eigenvalue weighted by Gasteiger charge is -2.25. The lowest BCUT2D eigenvalue weighted by molar-refractivity contribution is -0.385. The van der Waals surface area contributed by atoms with Crippen molar-refractivity contribution in [2.24, 2.45) is 0 Å². The minimum Gasteiger partial charge on any atom is -0.493 e. The van der Waals surface area contributed by atoms with E-state index in [0.29, 0.717) is 23.7 Å². The van der Waals surface area contributed by atoms with Crippen LogP contribution in [0.25, 0.3) is 0 Å². The SMILES string of the molecule is CCOc1cc(C(CC#N)N2C(=O)c3cccc([N+](=O)[O-])c3C2=O)ccc1OC. The summed E-state index contributed by atoms with van der Waals surface area (Å²) in [6, 6.07) is 9.78. The second-order valence-electron chi connectivity index (χ2n) is 6.16. The molecule has 2 aromatic carbocycles. The molecule has 29 heavy (non-hydrogen) atoms. The molecule has 9 heteroatoms. The zero-order valence-corrected chi connectivity index (χ0v) is 15.7. The van der Waals surface area contributed by atoms with Gasteiger partial charge in [-0.25, -0.2) is 0 Å². The van der Waals surface area contributed by atoms with E-state index >= 15 is 0 Å². The lowest BCUT2D eigenvalue weighted by Crippen LogP contribution is -2.34. The Morgan fingerprint density at radius 2 is 1.97 bits per heavy atom. The number of carbonyl (C=O) groups is 2. The maximum absolute atomic E-state index is 13.0. The number of methoxy groups -OCH3 is 1. The number of nitro groups is 1. The van der Waals surface area contributed by atoms with Crippen LogP contribution >= 0.6 is 0 Å². The molecule has 1 heterocycles. The van der Waals surface area contributed by atoms with E-state index in [1.807, 2.05) is 6.07 Å². The van der Waals surface area contributed by atoms with E-state index in [1.165, 1.54) is 25.3 Å². The van der Waals surface area contributed by atoms with Crippen LogP contribution in [0, 0.1) is 21.4 Å². The molecule has 0 radical (unpaired) electrons. The second-order valence-corrected chi connectivity index (χ2v) is 6.16. The third kappa shape index (κ3) is 3.36. The summed E-state index contributed by atoms with van der Waals surface area (Å²) < 4.78 is 10.8. The molecule has 9 nitrogen and oxygen atoms in total. The number of ether oxygens (including phenoxy) is 2. The summed E-state index contributed by atoms with van der Waals surface area (Å²) >= 11 is 0. The highest BCUT2D eigenvalue weighted by atomic mass is 16.6. The third-order valence-electron chi connectivity index (χ3n) is 4.59. The molecule has 0 aliphatic carbocycles. The molecular weight excluding hydrogens is 378 g/mol. The summed E-state index contributed by atoms with van der Waals surface area (Å²) in [5.41, 5.74) is -0.272. The van der Waals surface area contributed by atoms with Crippen LogP contribution in [-0.4, -0.2) is 35.4 Å². The number of fused-ring (bicyclic) bond motifs is 1. The molecule has 1 aliphatic heterocycles. The van der Waals surface area contributed by atoms with Gasteiger partial charge in [-0.3, -0.25) is 24.6 Å². The van der Waals surface area contributed by atoms with E-state index in [1.54, 1.807) is 25.1 Å². The quantitative estimate of drug-likeness (QED) is 0.400.